The van der Waals surface area contributed by atoms with E-state index in [1.54, 1.807) is 29.2 Å². The number of rotatable bonds is 2. The molecular weight excluding hydrogens is 256 g/mol. The highest BCUT2D eigenvalue weighted by Crippen LogP contribution is 2.25. The first-order chi connectivity index (χ1) is 9.78. The summed E-state index contributed by atoms with van der Waals surface area (Å²) < 4.78 is 4.74. The fourth-order valence-electron chi connectivity index (χ4n) is 2.42. The molecule has 0 saturated carbocycles. The molecule has 1 amide bonds. The summed E-state index contributed by atoms with van der Waals surface area (Å²) in [6, 6.07) is 8.79. The second-order valence-electron chi connectivity index (χ2n) is 4.72. The maximum absolute atomic E-state index is 12.4. The van der Waals surface area contributed by atoms with Crippen molar-refractivity contribution in [3.8, 4) is 6.07 Å². The van der Waals surface area contributed by atoms with E-state index < -0.39 is 0 Å². The molecule has 0 N–H and O–H groups in total. The van der Waals surface area contributed by atoms with Crippen LogP contribution in [0.25, 0.3) is 0 Å². The number of amides is 1. The number of hydrogen-bond acceptors (Lipinski definition) is 5. The molecule has 1 aliphatic heterocycles. The van der Waals surface area contributed by atoms with Gasteiger partial charge in [-0.25, -0.2) is 0 Å². The largest absolute Gasteiger partial charge is 0.343 e. The normalized spacial score (nSPS) is 17.9. The Balaban J connectivity index is 1.74. The van der Waals surface area contributed by atoms with Crippen molar-refractivity contribution in [1.29, 1.82) is 5.26 Å². The molecule has 3 rings (SSSR count). The Morgan fingerprint density at radius 2 is 2.40 bits per heavy atom. The maximum Gasteiger partial charge on any atom is 0.253 e. The summed E-state index contributed by atoms with van der Waals surface area (Å²) in [5.41, 5.74) is 1.03. The van der Waals surface area contributed by atoms with Crippen molar-refractivity contribution in [2.75, 3.05) is 13.1 Å². The number of nitriles is 1. The van der Waals surface area contributed by atoms with E-state index in [9.17, 15) is 4.79 Å². The molecule has 6 nitrogen and oxygen atoms in total. The zero-order valence-corrected chi connectivity index (χ0v) is 10.7. The predicted octanol–water partition coefficient (Wildman–Crippen LogP) is 1.57. The van der Waals surface area contributed by atoms with Crippen LogP contribution in [-0.2, 0) is 0 Å². The van der Waals surface area contributed by atoms with Gasteiger partial charge in [0.25, 0.3) is 5.91 Å². The molecular formula is C14H12N4O2. The zero-order chi connectivity index (χ0) is 13.9. The summed E-state index contributed by atoms with van der Waals surface area (Å²) in [5.74, 6) is 0.705. The molecule has 0 spiro atoms. The van der Waals surface area contributed by atoms with Crippen LogP contribution in [0.4, 0.5) is 0 Å². The minimum Gasteiger partial charge on any atom is -0.343 e. The van der Waals surface area contributed by atoms with Crippen molar-refractivity contribution in [2.24, 2.45) is 0 Å². The van der Waals surface area contributed by atoms with Crippen molar-refractivity contribution >= 4 is 5.91 Å². The number of carbonyl (C=O) groups is 1. The van der Waals surface area contributed by atoms with E-state index in [4.69, 9.17) is 9.78 Å². The van der Waals surface area contributed by atoms with E-state index in [-0.39, 0.29) is 11.8 Å². The molecule has 2 aromatic rings. The summed E-state index contributed by atoms with van der Waals surface area (Å²) in [6.45, 7) is 1.24. The standard InChI is InChI=1S/C14H12N4O2/c15-7-10-2-1-3-11(6-10)14(19)18-5-4-12(8-18)13-16-9-20-17-13/h1-3,6,9,12H,4-5,8H2. The first kappa shape index (κ1) is 12.4. The van der Waals surface area contributed by atoms with Gasteiger partial charge in [-0.3, -0.25) is 4.79 Å². The van der Waals surface area contributed by atoms with Crippen LogP contribution in [0.1, 0.15) is 34.1 Å². The van der Waals surface area contributed by atoms with Gasteiger partial charge in [-0.2, -0.15) is 10.2 Å². The molecule has 0 aliphatic carbocycles. The quantitative estimate of drug-likeness (QED) is 0.825. The van der Waals surface area contributed by atoms with Crippen molar-refractivity contribution < 1.29 is 9.32 Å². The maximum atomic E-state index is 12.4. The highest BCUT2D eigenvalue weighted by Gasteiger charge is 2.30. The fraction of sp³-hybridized carbons (Fsp3) is 0.286. The Bertz CT molecular complexity index is 660. The van der Waals surface area contributed by atoms with E-state index in [1.165, 1.54) is 6.39 Å². The second kappa shape index (κ2) is 5.13. The Morgan fingerprint density at radius 1 is 1.50 bits per heavy atom. The average molecular weight is 268 g/mol. The molecule has 2 heterocycles. The minimum absolute atomic E-state index is 0.0619. The number of aromatic nitrogens is 2. The SMILES string of the molecule is N#Cc1cccc(C(=O)N2CCC(c3ncon3)C2)c1. The third-order valence-corrected chi connectivity index (χ3v) is 3.46. The van der Waals surface area contributed by atoms with Gasteiger partial charge in [-0.1, -0.05) is 11.2 Å². The molecule has 0 bridgehead atoms. The highest BCUT2D eigenvalue weighted by atomic mass is 16.5. The third kappa shape index (κ3) is 2.26. The van der Waals surface area contributed by atoms with E-state index in [2.05, 4.69) is 10.1 Å². The molecule has 20 heavy (non-hydrogen) atoms. The summed E-state index contributed by atoms with van der Waals surface area (Å²) in [5, 5.41) is 12.7. The second-order valence-corrected chi connectivity index (χ2v) is 4.72. The lowest BCUT2D eigenvalue weighted by Gasteiger charge is -2.15. The monoisotopic (exact) mass is 268 g/mol. The van der Waals surface area contributed by atoms with Crippen LogP contribution in [0.2, 0.25) is 0 Å². The van der Waals surface area contributed by atoms with Gasteiger partial charge in [0.05, 0.1) is 11.6 Å². The predicted molar refractivity (Wildman–Crippen MR) is 68.7 cm³/mol. The van der Waals surface area contributed by atoms with Crippen LogP contribution in [0.3, 0.4) is 0 Å². The van der Waals surface area contributed by atoms with Gasteiger partial charge in [-0.05, 0) is 24.6 Å². The van der Waals surface area contributed by atoms with Gasteiger partial charge in [-0.15, -0.1) is 0 Å². The van der Waals surface area contributed by atoms with Gasteiger partial charge >= 0.3 is 0 Å². The first-order valence-corrected chi connectivity index (χ1v) is 6.33. The van der Waals surface area contributed by atoms with Crippen LogP contribution in [0.5, 0.6) is 0 Å². The van der Waals surface area contributed by atoms with Crippen LogP contribution < -0.4 is 0 Å². The minimum atomic E-state index is -0.0619. The van der Waals surface area contributed by atoms with Crippen LogP contribution >= 0.6 is 0 Å². The van der Waals surface area contributed by atoms with Crippen molar-refractivity contribution in [3.05, 3.63) is 47.6 Å². The summed E-state index contributed by atoms with van der Waals surface area (Å²) in [7, 11) is 0. The molecule has 6 heteroatoms. The number of carbonyl (C=O) groups excluding carboxylic acids is 1. The Kier molecular flexibility index (Phi) is 3.17. The molecule has 100 valence electrons. The number of likely N-dealkylation sites (tertiary alicyclic amines) is 1. The summed E-state index contributed by atoms with van der Waals surface area (Å²) in [6.07, 6.45) is 2.12. The summed E-state index contributed by atoms with van der Waals surface area (Å²) in [4.78, 5) is 18.2. The topological polar surface area (TPSA) is 83.0 Å². The van der Waals surface area contributed by atoms with Crippen molar-refractivity contribution in [1.82, 2.24) is 15.0 Å². The Morgan fingerprint density at radius 3 is 3.15 bits per heavy atom. The lowest BCUT2D eigenvalue weighted by Crippen LogP contribution is -2.28. The molecule has 1 aliphatic rings. The van der Waals surface area contributed by atoms with Gasteiger partial charge in [0, 0.05) is 24.6 Å². The van der Waals surface area contributed by atoms with E-state index in [1.807, 2.05) is 6.07 Å². The van der Waals surface area contributed by atoms with Gasteiger partial charge in [0.1, 0.15) is 0 Å². The molecule has 0 radical (unpaired) electrons. The Labute approximate surface area is 115 Å². The van der Waals surface area contributed by atoms with E-state index >= 15 is 0 Å². The molecule has 1 aromatic heterocycles. The number of nitrogens with zero attached hydrogens (tertiary/aromatic N) is 4. The van der Waals surface area contributed by atoms with E-state index in [0.717, 1.165) is 6.42 Å². The molecule has 1 unspecified atom stereocenters. The molecule has 1 atom stereocenters. The van der Waals surface area contributed by atoms with Crippen LogP contribution in [-0.4, -0.2) is 34.0 Å². The van der Waals surface area contributed by atoms with Crippen molar-refractivity contribution in [3.63, 3.8) is 0 Å². The fourth-order valence-corrected chi connectivity index (χ4v) is 2.42. The molecule has 1 saturated heterocycles. The summed E-state index contributed by atoms with van der Waals surface area (Å²) >= 11 is 0. The molecule has 1 aromatic carbocycles. The van der Waals surface area contributed by atoms with Crippen LogP contribution in [0, 0.1) is 11.3 Å². The lowest BCUT2D eigenvalue weighted by atomic mass is 10.1. The van der Waals surface area contributed by atoms with Gasteiger partial charge in [0.15, 0.2) is 5.82 Å². The highest BCUT2D eigenvalue weighted by molar-refractivity contribution is 5.94. The average Bonchev–Trinajstić information content (AvgIpc) is 3.17. The molecule has 1 fully saturated rings. The van der Waals surface area contributed by atoms with Crippen molar-refractivity contribution in [2.45, 2.75) is 12.3 Å². The smallest absolute Gasteiger partial charge is 0.253 e. The first-order valence-electron chi connectivity index (χ1n) is 6.33. The number of benzene rings is 1. The lowest BCUT2D eigenvalue weighted by molar-refractivity contribution is 0.0790. The van der Waals surface area contributed by atoms with Gasteiger partial charge < -0.3 is 9.42 Å². The third-order valence-electron chi connectivity index (χ3n) is 3.46. The number of hydrogen-bond donors (Lipinski definition) is 0. The Hall–Kier alpha value is -2.68. The van der Waals surface area contributed by atoms with E-state index in [0.29, 0.717) is 30.0 Å². The zero-order valence-electron chi connectivity index (χ0n) is 10.7. The van der Waals surface area contributed by atoms with Gasteiger partial charge in [0.2, 0.25) is 6.39 Å². The van der Waals surface area contributed by atoms with Crippen LogP contribution in [0.15, 0.2) is 35.2 Å².